The van der Waals surface area contributed by atoms with Crippen molar-refractivity contribution in [2.24, 2.45) is 0 Å². The molecule has 0 unspecified atom stereocenters. The van der Waals surface area contributed by atoms with Gasteiger partial charge in [0.05, 0.1) is 20.9 Å². The Labute approximate surface area is 87.6 Å². The summed E-state index contributed by atoms with van der Waals surface area (Å²) in [5.41, 5.74) is -1.58. The zero-order valence-electron chi connectivity index (χ0n) is 7.05. The second-order valence-corrected chi connectivity index (χ2v) is 2.90. The molecule has 0 saturated heterocycles. The lowest BCUT2D eigenvalue weighted by Crippen LogP contribution is -1.98. The fourth-order valence-electron chi connectivity index (χ4n) is 0.963. The van der Waals surface area contributed by atoms with Crippen LogP contribution in [0.1, 0.15) is 10.4 Å². The van der Waals surface area contributed by atoms with Crippen LogP contribution in [-0.2, 0) is 0 Å². The van der Waals surface area contributed by atoms with Gasteiger partial charge in [-0.15, -0.1) is 0 Å². The van der Waals surface area contributed by atoms with Gasteiger partial charge in [-0.25, -0.2) is 0 Å². The van der Waals surface area contributed by atoms with Crippen molar-refractivity contribution in [3.05, 3.63) is 42.9 Å². The van der Waals surface area contributed by atoms with Gasteiger partial charge in [-0.05, 0) is 0 Å². The number of hydrogen-bond donors (Lipinski definition) is 0. The van der Waals surface area contributed by atoms with E-state index in [1.165, 1.54) is 0 Å². The minimum atomic E-state index is -0.900. The molecule has 15 heavy (non-hydrogen) atoms. The van der Waals surface area contributed by atoms with E-state index in [-0.39, 0.29) is 16.9 Å². The SMILES string of the molecule is O=Cc1c(Cl)cc([N+](=O)[O-])cc1[N+](=O)[O-]. The van der Waals surface area contributed by atoms with Crippen LogP contribution in [0.25, 0.3) is 0 Å². The summed E-state index contributed by atoms with van der Waals surface area (Å²) in [6, 6.07) is 1.58. The number of non-ortho nitro benzene ring substituents is 1. The first kappa shape index (κ1) is 11.1. The highest BCUT2D eigenvalue weighted by atomic mass is 35.5. The van der Waals surface area contributed by atoms with Crippen LogP contribution in [-0.4, -0.2) is 16.1 Å². The van der Waals surface area contributed by atoms with Gasteiger partial charge < -0.3 is 0 Å². The first-order chi connectivity index (χ1) is 6.97. The summed E-state index contributed by atoms with van der Waals surface area (Å²) < 4.78 is 0. The summed E-state index contributed by atoms with van der Waals surface area (Å²) in [7, 11) is 0. The van der Waals surface area contributed by atoms with E-state index in [0.717, 1.165) is 6.07 Å². The van der Waals surface area contributed by atoms with Gasteiger partial charge in [-0.1, -0.05) is 11.6 Å². The van der Waals surface area contributed by atoms with E-state index in [2.05, 4.69) is 0 Å². The zero-order valence-corrected chi connectivity index (χ0v) is 7.80. The number of carbonyl (C=O) groups excluding carboxylic acids is 1. The molecule has 0 heterocycles. The molecule has 0 N–H and O–H groups in total. The van der Waals surface area contributed by atoms with Gasteiger partial charge in [0, 0.05) is 6.07 Å². The van der Waals surface area contributed by atoms with Crippen molar-refractivity contribution in [1.82, 2.24) is 0 Å². The van der Waals surface area contributed by atoms with Crippen molar-refractivity contribution in [1.29, 1.82) is 0 Å². The molecule has 0 bridgehead atoms. The Hall–Kier alpha value is -2.02. The first-order valence-electron chi connectivity index (χ1n) is 3.55. The lowest BCUT2D eigenvalue weighted by Gasteiger charge is -1.98. The number of carbonyl (C=O) groups is 1. The molecule has 78 valence electrons. The molecular weight excluding hydrogens is 228 g/mol. The zero-order chi connectivity index (χ0) is 11.6. The molecular formula is C7H3ClN2O5. The van der Waals surface area contributed by atoms with E-state index in [1.807, 2.05) is 0 Å². The fraction of sp³-hybridized carbons (Fsp3) is 0. The van der Waals surface area contributed by atoms with Crippen LogP contribution in [0.3, 0.4) is 0 Å². The average molecular weight is 231 g/mol. The Bertz CT molecular complexity index is 459. The van der Waals surface area contributed by atoms with Gasteiger partial charge in [-0.3, -0.25) is 25.0 Å². The molecule has 0 aromatic heterocycles. The van der Waals surface area contributed by atoms with Crippen LogP contribution in [0, 0.1) is 20.2 Å². The predicted octanol–water partition coefficient (Wildman–Crippen LogP) is 1.97. The van der Waals surface area contributed by atoms with E-state index < -0.39 is 21.2 Å². The number of nitro benzene ring substituents is 2. The Morgan fingerprint density at radius 1 is 1.20 bits per heavy atom. The van der Waals surface area contributed by atoms with Crippen LogP contribution in [0.15, 0.2) is 12.1 Å². The summed E-state index contributed by atoms with van der Waals surface area (Å²) in [5.74, 6) is 0. The molecule has 7 nitrogen and oxygen atoms in total. The largest absolute Gasteiger partial charge is 0.298 e. The van der Waals surface area contributed by atoms with E-state index in [0.29, 0.717) is 6.07 Å². The summed E-state index contributed by atoms with van der Waals surface area (Å²) in [6.45, 7) is 0. The predicted molar refractivity (Wildman–Crippen MR) is 50.1 cm³/mol. The highest BCUT2D eigenvalue weighted by molar-refractivity contribution is 6.33. The molecule has 0 saturated carbocycles. The Kier molecular flexibility index (Phi) is 2.96. The maximum atomic E-state index is 10.5. The number of halogens is 1. The van der Waals surface area contributed by atoms with Gasteiger partial charge in [0.25, 0.3) is 11.4 Å². The van der Waals surface area contributed by atoms with Crippen LogP contribution >= 0.6 is 11.6 Å². The number of aldehydes is 1. The average Bonchev–Trinajstić information content (AvgIpc) is 2.16. The number of nitrogens with zero attached hydrogens (tertiary/aromatic N) is 2. The quantitative estimate of drug-likeness (QED) is 0.448. The third kappa shape index (κ3) is 2.08. The highest BCUT2D eigenvalue weighted by Gasteiger charge is 2.22. The molecule has 0 atom stereocenters. The van der Waals surface area contributed by atoms with Crippen molar-refractivity contribution in [3.8, 4) is 0 Å². The van der Waals surface area contributed by atoms with Gasteiger partial charge in [0.2, 0.25) is 0 Å². The van der Waals surface area contributed by atoms with Crippen molar-refractivity contribution in [2.75, 3.05) is 0 Å². The van der Waals surface area contributed by atoms with Gasteiger partial charge in [-0.2, -0.15) is 0 Å². The standard InChI is InChI=1S/C7H3ClN2O5/c8-6-1-4(9(12)13)2-7(10(14)15)5(6)3-11/h1-3H. The molecule has 1 aromatic rings. The van der Waals surface area contributed by atoms with Crippen molar-refractivity contribution >= 4 is 29.3 Å². The second kappa shape index (κ2) is 4.01. The smallest absolute Gasteiger partial charge is 0.288 e. The Morgan fingerprint density at radius 2 is 1.80 bits per heavy atom. The fourth-order valence-corrected chi connectivity index (χ4v) is 1.22. The number of benzene rings is 1. The van der Waals surface area contributed by atoms with Crippen LogP contribution in [0.2, 0.25) is 5.02 Å². The number of rotatable bonds is 3. The monoisotopic (exact) mass is 230 g/mol. The van der Waals surface area contributed by atoms with Crippen molar-refractivity contribution in [2.45, 2.75) is 0 Å². The van der Waals surface area contributed by atoms with Gasteiger partial charge in [0.15, 0.2) is 6.29 Å². The molecule has 0 amide bonds. The summed E-state index contributed by atoms with van der Waals surface area (Å²) in [6.07, 6.45) is 0.185. The lowest BCUT2D eigenvalue weighted by atomic mass is 10.2. The molecule has 0 aliphatic heterocycles. The maximum Gasteiger partial charge on any atom is 0.288 e. The Morgan fingerprint density at radius 3 is 2.20 bits per heavy atom. The number of nitro groups is 2. The summed E-state index contributed by atoms with van der Waals surface area (Å²) in [4.78, 5) is 29.6. The molecule has 0 aliphatic carbocycles. The molecule has 8 heteroatoms. The highest BCUT2D eigenvalue weighted by Crippen LogP contribution is 2.30. The van der Waals surface area contributed by atoms with Crippen molar-refractivity contribution < 1.29 is 14.6 Å². The minimum Gasteiger partial charge on any atom is -0.298 e. The first-order valence-corrected chi connectivity index (χ1v) is 3.92. The van der Waals surface area contributed by atoms with E-state index in [4.69, 9.17) is 11.6 Å². The number of hydrogen-bond acceptors (Lipinski definition) is 5. The lowest BCUT2D eigenvalue weighted by molar-refractivity contribution is -0.394. The van der Waals surface area contributed by atoms with Crippen LogP contribution in [0.4, 0.5) is 11.4 Å². The second-order valence-electron chi connectivity index (χ2n) is 2.49. The molecule has 0 spiro atoms. The van der Waals surface area contributed by atoms with Crippen molar-refractivity contribution in [3.63, 3.8) is 0 Å². The normalized spacial score (nSPS) is 9.67. The molecule has 0 aliphatic rings. The minimum absolute atomic E-state index is 0.185. The molecule has 1 aromatic carbocycles. The molecule has 0 radical (unpaired) electrons. The van der Waals surface area contributed by atoms with Crippen LogP contribution < -0.4 is 0 Å². The van der Waals surface area contributed by atoms with Crippen LogP contribution in [0.5, 0.6) is 0 Å². The van der Waals surface area contributed by atoms with E-state index in [1.54, 1.807) is 0 Å². The van der Waals surface area contributed by atoms with Gasteiger partial charge >= 0.3 is 0 Å². The maximum absolute atomic E-state index is 10.5. The topological polar surface area (TPSA) is 103 Å². The third-order valence-corrected chi connectivity index (χ3v) is 1.93. The molecule has 1 rings (SSSR count). The van der Waals surface area contributed by atoms with E-state index in [9.17, 15) is 25.0 Å². The molecule has 0 fully saturated rings. The summed E-state index contributed by atoms with van der Waals surface area (Å²) in [5, 5.41) is 20.5. The summed E-state index contributed by atoms with van der Waals surface area (Å²) >= 11 is 5.48. The van der Waals surface area contributed by atoms with Gasteiger partial charge in [0.1, 0.15) is 5.56 Å². The van der Waals surface area contributed by atoms with E-state index >= 15 is 0 Å². The third-order valence-electron chi connectivity index (χ3n) is 1.62. The Balaban J connectivity index is 3.52.